The van der Waals surface area contributed by atoms with Gasteiger partial charge in [0.2, 0.25) is 0 Å². The summed E-state index contributed by atoms with van der Waals surface area (Å²) < 4.78 is 4.95. The van der Waals surface area contributed by atoms with Crippen LogP contribution in [0.15, 0.2) is 0 Å². The minimum atomic E-state index is -0.420. The van der Waals surface area contributed by atoms with Gasteiger partial charge in [-0.1, -0.05) is 27.7 Å². The number of hydrogen-bond acceptors (Lipinski definition) is 3. The topological polar surface area (TPSA) is 29.5 Å². The van der Waals surface area contributed by atoms with Gasteiger partial charge in [-0.3, -0.25) is 4.79 Å². The Kier molecular flexibility index (Phi) is 3.77. The molecule has 0 aromatic carbocycles. The fourth-order valence-corrected chi connectivity index (χ4v) is 5.14. The monoisotopic (exact) mass is 295 g/mol. The van der Waals surface area contributed by atoms with Crippen LogP contribution in [0.4, 0.5) is 0 Å². The normalized spacial score (nSPS) is 35.2. The molecule has 0 radical (unpaired) electrons. The lowest BCUT2D eigenvalue weighted by molar-refractivity contribution is -0.152. The fraction of sp³-hybridized carbons (Fsp3) is 0.944. The van der Waals surface area contributed by atoms with Crippen LogP contribution in [-0.2, 0) is 9.53 Å². The molecular weight excluding hydrogens is 262 g/mol. The number of ether oxygens (including phenoxy) is 1. The first kappa shape index (κ1) is 16.8. The molecule has 2 aliphatic carbocycles. The maximum atomic E-state index is 11.9. The number of carbonyl (C=O) groups is 1. The van der Waals surface area contributed by atoms with Crippen molar-refractivity contribution in [2.24, 2.45) is 21.7 Å². The van der Waals surface area contributed by atoms with Crippen molar-refractivity contribution in [3.8, 4) is 0 Å². The van der Waals surface area contributed by atoms with Crippen LogP contribution in [0, 0.1) is 21.7 Å². The summed E-state index contributed by atoms with van der Waals surface area (Å²) in [5.41, 5.74) is 0.831. The highest BCUT2D eigenvalue weighted by Crippen LogP contribution is 2.78. The quantitative estimate of drug-likeness (QED) is 0.699. The third kappa shape index (κ3) is 2.74. The van der Waals surface area contributed by atoms with Crippen molar-refractivity contribution in [2.75, 3.05) is 20.7 Å². The second kappa shape index (κ2) is 4.71. The molecule has 2 rings (SSSR count). The summed E-state index contributed by atoms with van der Waals surface area (Å²) in [6.07, 6.45) is 3.55. The summed E-state index contributed by atoms with van der Waals surface area (Å²) in [4.78, 5) is 14.4. The molecule has 2 aliphatic rings. The van der Waals surface area contributed by atoms with Crippen molar-refractivity contribution in [3.05, 3.63) is 0 Å². The molecule has 3 heteroatoms. The molecule has 0 saturated heterocycles. The molecule has 122 valence electrons. The highest BCUT2D eigenvalue weighted by molar-refractivity contribution is 5.75. The first-order valence-corrected chi connectivity index (χ1v) is 8.16. The number of esters is 1. The zero-order chi connectivity index (χ0) is 16.3. The van der Waals surface area contributed by atoms with Gasteiger partial charge < -0.3 is 9.64 Å². The molecule has 2 fully saturated rings. The Labute approximate surface area is 130 Å². The Morgan fingerprint density at radius 3 is 2.24 bits per heavy atom. The van der Waals surface area contributed by atoms with E-state index < -0.39 is 5.41 Å². The van der Waals surface area contributed by atoms with Crippen LogP contribution in [0.5, 0.6) is 0 Å². The van der Waals surface area contributed by atoms with Gasteiger partial charge in [-0.15, -0.1) is 0 Å². The fourth-order valence-electron chi connectivity index (χ4n) is 5.14. The average molecular weight is 295 g/mol. The Morgan fingerprint density at radius 1 is 1.29 bits per heavy atom. The van der Waals surface area contributed by atoms with Gasteiger partial charge in [0.25, 0.3) is 0 Å². The van der Waals surface area contributed by atoms with Crippen LogP contribution in [0.25, 0.3) is 0 Å². The molecular formula is C18H33NO2. The summed E-state index contributed by atoms with van der Waals surface area (Å²) in [6, 6.07) is 0.711. The molecule has 21 heavy (non-hydrogen) atoms. The lowest BCUT2D eigenvalue weighted by Crippen LogP contribution is -2.52. The van der Waals surface area contributed by atoms with Crippen molar-refractivity contribution in [3.63, 3.8) is 0 Å². The summed E-state index contributed by atoms with van der Waals surface area (Å²) in [5, 5.41) is 0. The number of nitrogens with zero attached hydrogens (tertiary/aromatic N) is 1. The predicted octanol–water partition coefficient (Wildman–Crippen LogP) is 3.72. The number of methoxy groups -OCH3 is 1. The molecule has 0 amide bonds. The van der Waals surface area contributed by atoms with Gasteiger partial charge in [0.15, 0.2) is 0 Å². The predicted molar refractivity (Wildman–Crippen MR) is 86.1 cm³/mol. The van der Waals surface area contributed by atoms with Crippen LogP contribution < -0.4 is 0 Å². The highest BCUT2D eigenvalue weighted by atomic mass is 16.5. The number of carbonyl (C=O) groups excluding carboxylic acids is 1. The van der Waals surface area contributed by atoms with Crippen LogP contribution in [0.1, 0.15) is 60.8 Å². The van der Waals surface area contributed by atoms with Crippen molar-refractivity contribution in [1.82, 2.24) is 4.90 Å². The molecule has 3 atom stereocenters. The summed E-state index contributed by atoms with van der Waals surface area (Å²) in [6.45, 7) is 14.4. The Hall–Kier alpha value is -0.570. The van der Waals surface area contributed by atoms with Crippen LogP contribution in [0.3, 0.4) is 0 Å². The van der Waals surface area contributed by atoms with Gasteiger partial charge in [0.1, 0.15) is 0 Å². The van der Waals surface area contributed by atoms with Crippen molar-refractivity contribution in [1.29, 1.82) is 0 Å². The smallest absolute Gasteiger partial charge is 0.311 e. The minimum Gasteiger partial charge on any atom is -0.469 e. The standard InChI is InChI=1S/C18H33NO2/c1-15(2,10-16(3,4)14(20)21-8)12-19(7)13-9-17(5)11-18(13,17)6/h13H,9-12H2,1-8H3. The molecule has 0 aromatic rings. The molecule has 2 saturated carbocycles. The zero-order valence-electron chi connectivity index (χ0n) is 15.2. The van der Waals surface area contributed by atoms with Gasteiger partial charge >= 0.3 is 5.97 Å². The van der Waals surface area contributed by atoms with Gasteiger partial charge in [0.05, 0.1) is 12.5 Å². The maximum absolute atomic E-state index is 11.9. The van der Waals surface area contributed by atoms with E-state index in [2.05, 4.69) is 39.6 Å². The van der Waals surface area contributed by atoms with E-state index in [-0.39, 0.29) is 11.4 Å². The SMILES string of the molecule is COC(=O)C(C)(C)CC(C)(C)CN(C)C1CC2(C)CC12C. The third-order valence-corrected chi connectivity index (χ3v) is 6.26. The molecule has 0 aliphatic heterocycles. The average Bonchev–Trinajstić information content (AvgIpc) is 2.72. The van der Waals surface area contributed by atoms with Crippen molar-refractivity contribution >= 4 is 5.97 Å². The van der Waals surface area contributed by atoms with E-state index in [9.17, 15) is 4.79 Å². The second-order valence-electron chi connectivity index (χ2n) is 9.51. The molecule has 3 nitrogen and oxygen atoms in total. The van der Waals surface area contributed by atoms with E-state index in [1.807, 2.05) is 13.8 Å². The van der Waals surface area contributed by atoms with Gasteiger partial charge in [0, 0.05) is 12.6 Å². The molecule has 0 bridgehead atoms. The van der Waals surface area contributed by atoms with Crippen LogP contribution >= 0.6 is 0 Å². The summed E-state index contributed by atoms with van der Waals surface area (Å²) in [7, 11) is 3.73. The van der Waals surface area contributed by atoms with Crippen molar-refractivity contribution < 1.29 is 9.53 Å². The van der Waals surface area contributed by atoms with E-state index >= 15 is 0 Å². The number of hydrogen-bond donors (Lipinski definition) is 0. The summed E-state index contributed by atoms with van der Waals surface area (Å²) in [5.74, 6) is -0.108. The van der Waals surface area contributed by atoms with Crippen molar-refractivity contribution in [2.45, 2.75) is 66.8 Å². The zero-order valence-corrected chi connectivity index (χ0v) is 15.2. The van der Waals surface area contributed by atoms with Gasteiger partial charge in [-0.2, -0.15) is 0 Å². The Bertz CT molecular complexity index is 442. The molecule has 0 N–H and O–H groups in total. The van der Waals surface area contributed by atoms with Gasteiger partial charge in [-0.25, -0.2) is 0 Å². The molecule has 0 spiro atoms. The van der Waals surface area contributed by atoms with Crippen LogP contribution in [0.2, 0.25) is 0 Å². The highest BCUT2D eigenvalue weighted by Gasteiger charge is 2.74. The molecule has 0 heterocycles. The van der Waals surface area contributed by atoms with E-state index in [1.54, 1.807) is 0 Å². The second-order valence-corrected chi connectivity index (χ2v) is 9.51. The van der Waals surface area contributed by atoms with E-state index in [1.165, 1.54) is 20.0 Å². The third-order valence-electron chi connectivity index (χ3n) is 6.26. The first-order chi connectivity index (χ1) is 9.37. The first-order valence-electron chi connectivity index (χ1n) is 8.16. The molecule has 3 unspecified atom stereocenters. The lowest BCUT2D eigenvalue weighted by Gasteiger charge is -2.48. The molecule has 0 aromatic heterocycles. The Morgan fingerprint density at radius 2 is 1.86 bits per heavy atom. The van der Waals surface area contributed by atoms with Crippen LogP contribution in [-0.4, -0.2) is 37.6 Å². The summed E-state index contributed by atoms with van der Waals surface area (Å²) >= 11 is 0. The van der Waals surface area contributed by atoms with E-state index in [0.29, 0.717) is 16.9 Å². The number of fused-ring (bicyclic) bond motifs is 1. The van der Waals surface area contributed by atoms with Gasteiger partial charge in [-0.05, 0) is 56.4 Å². The largest absolute Gasteiger partial charge is 0.469 e. The maximum Gasteiger partial charge on any atom is 0.311 e. The minimum absolute atomic E-state index is 0.101. The Balaban J connectivity index is 1.94. The van der Waals surface area contributed by atoms with E-state index in [4.69, 9.17) is 4.74 Å². The lowest BCUT2D eigenvalue weighted by atomic mass is 9.69. The number of rotatable bonds is 6. The van der Waals surface area contributed by atoms with E-state index in [0.717, 1.165) is 13.0 Å².